The Morgan fingerprint density at radius 2 is 1.80 bits per heavy atom. The van der Waals surface area contributed by atoms with E-state index in [-0.39, 0.29) is 6.04 Å². The zero-order valence-electron chi connectivity index (χ0n) is 15.1. The number of aromatic nitrogens is 2. The Bertz CT molecular complexity index is 651. The fourth-order valence-corrected chi connectivity index (χ4v) is 2.98. The molecule has 1 unspecified atom stereocenters. The molecule has 7 nitrogen and oxygen atoms in total. The number of hydrogen-bond donors (Lipinski definition) is 0. The van der Waals surface area contributed by atoms with Gasteiger partial charge in [0.15, 0.2) is 5.82 Å². The van der Waals surface area contributed by atoms with Crippen LogP contribution in [-0.4, -0.2) is 66.4 Å². The number of ether oxygens (including phenoxy) is 2. The van der Waals surface area contributed by atoms with Crippen molar-refractivity contribution in [3.63, 3.8) is 0 Å². The van der Waals surface area contributed by atoms with Gasteiger partial charge in [-0.2, -0.15) is 4.98 Å². The van der Waals surface area contributed by atoms with Gasteiger partial charge in [-0.05, 0) is 38.1 Å². The highest BCUT2D eigenvalue weighted by molar-refractivity contribution is 5.31. The van der Waals surface area contributed by atoms with E-state index in [0.717, 1.165) is 44.2 Å². The zero-order valence-corrected chi connectivity index (χ0v) is 15.1. The fraction of sp³-hybridized carbons (Fsp3) is 0.556. The molecule has 1 aromatic carbocycles. The molecule has 2 aromatic rings. The lowest BCUT2D eigenvalue weighted by Gasteiger charge is -2.36. The van der Waals surface area contributed by atoms with Crippen LogP contribution in [-0.2, 0) is 0 Å². The van der Waals surface area contributed by atoms with Crippen LogP contribution in [0.5, 0.6) is 11.5 Å². The van der Waals surface area contributed by atoms with Crippen LogP contribution in [0.1, 0.15) is 24.7 Å². The van der Waals surface area contributed by atoms with E-state index < -0.39 is 0 Å². The van der Waals surface area contributed by atoms with Crippen molar-refractivity contribution < 1.29 is 14.0 Å². The van der Waals surface area contributed by atoms with Crippen molar-refractivity contribution in [2.24, 2.45) is 0 Å². The lowest BCUT2D eigenvalue weighted by atomic mass is 10.2. The van der Waals surface area contributed by atoms with E-state index in [0.29, 0.717) is 18.3 Å². The smallest absolute Gasteiger partial charge is 0.243 e. The van der Waals surface area contributed by atoms with Gasteiger partial charge in [0, 0.05) is 32.7 Å². The molecule has 7 heteroatoms. The predicted molar refractivity (Wildman–Crippen MR) is 94.0 cm³/mol. The summed E-state index contributed by atoms with van der Waals surface area (Å²) in [6.07, 6.45) is 0. The van der Waals surface area contributed by atoms with Gasteiger partial charge in [0.25, 0.3) is 0 Å². The Morgan fingerprint density at radius 1 is 1.12 bits per heavy atom. The quantitative estimate of drug-likeness (QED) is 0.761. The summed E-state index contributed by atoms with van der Waals surface area (Å²) >= 11 is 0. The first-order chi connectivity index (χ1) is 12.2. The summed E-state index contributed by atoms with van der Waals surface area (Å²) in [7, 11) is 1.66. The second kappa shape index (κ2) is 8.31. The summed E-state index contributed by atoms with van der Waals surface area (Å²) < 4.78 is 16.2. The molecule has 0 aliphatic carbocycles. The lowest BCUT2D eigenvalue weighted by Crippen LogP contribution is -2.48. The molecule has 0 saturated carbocycles. The van der Waals surface area contributed by atoms with Gasteiger partial charge in [-0.15, -0.1) is 0 Å². The molecule has 2 heterocycles. The number of methoxy groups -OCH3 is 1. The molecular weight excluding hydrogens is 320 g/mol. The lowest BCUT2D eigenvalue weighted by molar-refractivity contribution is 0.0800. The maximum absolute atomic E-state index is 5.81. The Hall–Kier alpha value is -2.12. The van der Waals surface area contributed by atoms with Crippen LogP contribution in [0.25, 0.3) is 0 Å². The number of rotatable bonds is 7. The van der Waals surface area contributed by atoms with Gasteiger partial charge >= 0.3 is 0 Å². The largest absolute Gasteiger partial charge is 0.497 e. The van der Waals surface area contributed by atoms with Gasteiger partial charge in [0.2, 0.25) is 5.89 Å². The van der Waals surface area contributed by atoms with Gasteiger partial charge in [-0.1, -0.05) is 5.16 Å². The van der Waals surface area contributed by atoms with Crippen molar-refractivity contribution in [2.75, 3.05) is 46.4 Å². The minimum absolute atomic E-state index is 0.166. The molecule has 0 spiro atoms. The van der Waals surface area contributed by atoms with Crippen LogP contribution >= 0.6 is 0 Å². The number of benzene rings is 1. The first kappa shape index (κ1) is 17.7. The van der Waals surface area contributed by atoms with Crippen LogP contribution < -0.4 is 9.47 Å². The van der Waals surface area contributed by atoms with Crippen LogP contribution in [0.2, 0.25) is 0 Å². The normalized spacial score (nSPS) is 17.4. The SMILES string of the molecule is COc1ccc(OCCN2CCN(C(C)c3nc(C)no3)CC2)cc1. The minimum Gasteiger partial charge on any atom is -0.497 e. The van der Waals surface area contributed by atoms with Crippen LogP contribution in [0.15, 0.2) is 28.8 Å². The van der Waals surface area contributed by atoms with Crippen molar-refractivity contribution in [1.29, 1.82) is 0 Å². The Morgan fingerprint density at radius 3 is 2.40 bits per heavy atom. The molecule has 0 N–H and O–H groups in total. The van der Waals surface area contributed by atoms with E-state index in [1.54, 1.807) is 7.11 Å². The highest BCUT2D eigenvalue weighted by Crippen LogP contribution is 2.20. The molecule has 0 radical (unpaired) electrons. The van der Waals surface area contributed by atoms with Gasteiger partial charge in [0.1, 0.15) is 18.1 Å². The van der Waals surface area contributed by atoms with E-state index in [2.05, 4.69) is 26.9 Å². The maximum atomic E-state index is 5.81. The van der Waals surface area contributed by atoms with Crippen molar-refractivity contribution >= 4 is 0 Å². The highest BCUT2D eigenvalue weighted by atomic mass is 16.5. The second-order valence-electron chi connectivity index (χ2n) is 6.26. The number of piperazine rings is 1. The highest BCUT2D eigenvalue weighted by Gasteiger charge is 2.25. The van der Waals surface area contributed by atoms with E-state index in [4.69, 9.17) is 14.0 Å². The molecule has 0 bridgehead atoms. The summed E-state index contributed by atoms with van der Waals surface area (Å²) in [5, 5.41) is 3.88. The molecular formula is C18H26N4O3. The summed E-state index contributed by atoms with van der Waals surface area (Å²) in [4.78, 5) is 9.14. The Kier molecular flexibility index (Phi) is 5.88. The number of hydrogen-bond acceptors (Lipinski definition) is 7. The molecule has 1 saturated heterocycles. The molecule has 1 aliphatic rings. The van der Waals surface area contributed by atoms with E-state index in [1.807, 2.05) is 31.2 Å². The summed E-state index contributed by atoms with van der Waals surface area (Å²) in [5.41, 5.74) is 0. The van der Waals surface area contributed by atoms with Gasteiger partial charge in [-0.25, -0.2) is 0 Å². The van der Waals surface area contributed by atoms with Crippen LogP contribution in [0.3, 0.4) is 0 Å². The third-order valence-corrected chi connectivity index (χ3v) is 4.59. The molecule has 1 fully saturated rings. The molecule has 25 heavy (non-hydrogen) atoms. The van der Waals surface area contributed by atoms with Gasteiger partial charge in [-0.3, -0.25) is 9.80 Å². The third-order valence-electron chi connectivity index (χ3n) is 4.59. The third kappa shape index (κ3) is 4.70. The summed E-state index contributed by atoms with van der Waals surface area (Å²) in [6.45, 7) is 9.59. The van der Waals surface area contributed by atoms with Crippen molar-refractivity contribution in [3.05, 3.63) is 36.0 Å². The summed E-state index contributed by atoms with van der Waals surface area (Å²) in [6, 6.07) is 7.86. The average Bonchev–Trinajstić information content (AvgIpc) is 3.09. The predicted octanol–water partition coefficient (Wildman–Crippen LogP) is 2.14. The zero-order chi connectivity index (χ0) is 17.6. The standard InChI is InChI=1S/C18H26N4O3/c1-14(18-19-15(2)20-25-18)22-10-8-21(9-11-22)12-13-24-17-6-4-16(23-3)5-7-17/h4-7,14H,8-13H2,1-3H3. The molecule has 1 atom stereocenters. The minimum atomic E-state index is 0.166. The van der Waals surface area contributed by atoms with Crippen molar-refractivity contribution in [3.8, 4) is 11.5 Å². The topological polar surface area (TPSA) is 63.9 Å². The van der Waals surface area contributed by atoms with E-state index >= 15 is 0 Å². The summed E-state index contributed by atoms with van der Waals surface area (Å²) in [5.74, 6) is 3.11. The Labute approximate surface area is 148 Å². The first-order valence-electron chi connectivity index (χ1n) is 8.69. The molecule has 1 aromatic heterocycles. The van der Waals surface area contributed by atoms with Crippen molar-refractivity contribution in [1.82, 2.24) is 19.9 Å². The van der Waals surface area contributed by atoms with Crippen molar-refractivity contribution in [2.45, 2.75) is 19.9 Å². The van der Waals surface area contributed by atoms with Crippen LogP contribution in [0.4, 0.5) is 0 Å². The fourth-order valence-electron chi connectivity index (χ4n) is 2.98. The maximum Gasteiger partial charge on any atom is 0.243 e. The number of nitrogens with zero attached hydrogens (tertiary/aromatic N) is 4. The molecule has 136 valence electrons. The average molecular weight is 346 g/mol. The van der Waals surface area contributed by atoms with E-state index in [9.17, 15) is 0 Å². The monoisotopic (exact) mass is 346 g/mol. The molecule has 3 rings (SSSR count). The van der Waals surface area contributed by atoms with Crippen LogP contribution in [0, 0.1) is 6.92 Å². The van der Waals surface area contributed by atoms with Gasteiger partial charge < -0.3 is 14.0 Å². The second-order valence-corrected chi connectivity index (χ2v) is 6.26. The first-order valence-corrected chi connectivity index (χ1v) is 8.69. The van der Waals surface area contributed by atoms with Gasteiger partial charge in [0.05, 0.1) is 13.2 Å². The Balaban J connectivity index is 1.38. The van der Waals surface area contributed by atoms with E-state index in [1.165, 1.54) is 0 Å². The molecule has 1 aliphatic heterocycles. The molecule has 0 amide bonds. The number of aryl methyl sites for hydroxylation is 1.